The molecule has 104 valence electrons. The average Bonchev–Trinajstić information content (AvgIpc) is 2.86. The van der Waals surface area contributed by atoms with E-state index in [0.717, 1.165) is 24.3 Å². The third kappa shape index (κ3) is 2.24. The zero-order valence-electron chi connectivity index (χ0n) is 11.7. The number of benzene rings is 2. The van der Waals surface area contributed by atoms with E-state index < -0.39 is 0 Å². The smallest absolute Gasteiger partial charge is 0.128 e. The lowest BCUT2D eigenvalue weighted by molar-refractivity contribution is 0.414. The summed E-state index contributed by atoms with van der Waals surface area (Å²) < 4.78 is 18.9. The molecule has 2 aromatic rings. The van der Waals surface area contributed by atoms with Crippen LogP contribution in [0.3, 0.4) is 0 Å². The third-order valence-electron chi connectivity index (χ3n) is 4.03. The van der Waals surface area contributed by atoms with Crippen LogP contribution in [0.1, 0.15) is 29.2 Å². The minimum absolute atomic E-state index is 0.168. The molecule has 3 heteroatoms. The highest BCUT2D eigenvalue weighted by molar-refractivity contribution is 5.54. The molecule has 0 amide bonds. The summed E-state index contributed by atoms with van der Waals surface area (Å²) in [7, 11) is 1.68. The number of ether oxygens (including phenoxy) is 1. The lowest BCUT2D eigenvalue weighted by Gasteiger charge is -2.18. The van der Waals surface area contributed by atoms with Crippen molar-refractivity contribution in [1.29, 1.82) is 0 Å². The lowest BCUT2D eigenvalue weighted by atomic mass is 10.1. The second kappa shape index (κ2) is 5.16. The van der Waals surface area contributed by atoms with Crippen LogP contribution in [0.25, 0.3) is 0 Å². The molecule has 3 rings (SSSR count). The molecule has 20 heavy (non-hydrogen) atoms. The van der Waals surface area contributed by atoms with Crippen LogP contribution in [0.2, 0.25) is 0 Å². The van der Waals surface area contributed by atoms with Crippen LogP contribution in [-0.4, -0.2) is 7.11 Å². The Hall–Kier alpha value is -2.03. The van der Waals surface area contributed by atoms with E-state index >= 15 is 0 Å². The zero-order chi connectivity index (χ0) is 14.1. The average molecular weight is 271 g/mol. The van der Waals surface area contributed by atoms with Gasteiger partial charge in [-0.2, -0.15) is 0 Å². The van der Waals surface area contributed by atoms with Gasteiger partial charge in [-0.15, -0.1) is 0 Å². The molecule has 1 atom stereocenters. The molecule has 0 aromatic heterocycles. The second-order valence-electron chi connectivity index (χ2n) is 5.21. The van der Waals surface area contributed by atoms with Crippen molar-refractivity contribution in [1.82, 2.24) is 0 Å². The van der Waals surface area contributed by atoms with Gasteiger partial charge in [0.25, 0.3) is 0 Å². The molecule has 0 aliphatic heterocycles. The Kier molecular flexibility index (Phi) is 3.35. The maximum atomic E-state index is 13.6. The summed E-state index contributed by atoms with van der Waals surface area (Å²) in [6, 6.07) is 11.6. The van der Waals surface area contributed by atoms with Gasteiger partial charge in [0, 0.05) is 11.3 Å². The normalized spacial score (nSPS) is 16.9. The molecule has 0 saturated carbocycles. The number of rotatable bonds is 3. The van der Waals surface area contributed by atoms with Crippen LogP contribution >= 0.6 is 0 Å². The van der Waals surface area contributed by atoms with Crippen molar-refractivity contribution in [2.45, 2.75) is 25.8 Å². The molecule has 2 nitrogen and oxygen atoms in total. The number of hydrogen-bond donors (Lipinski definition) is 1. The van der Waals surface area contributed by atoms with Crippen LogP contribution in [0, 0.1) is 12.7 Å². The van der Waals surface area contributed by atoms with Gasteiger partial charge in [0.05, 0.1) is 13.2 Å². The SMILES string of the molecule is COc1ccc2c(c1)C(Nc1cccc(F)c1C)CC2. The van der Waals surface area contributed by atoms with Gasteiger partial charge in [-0.05, 0) is 55.2 Å². The van der Waals surface area contributed by atoms with E-state index in [1.165, 1.54) is 17.2 Å². The number of anilines is 1. The van der Waals surface area contributed by atoms with Crippen molar-refractivity contribution in [3.05, 3.63) is 58.9 Å². The fourth-order valence-corrected chi connectivity index (χ4v) is 2.81. The molecule has 2 aromatic carbocycles. The van der Waals surface area contributed by atoms with Gasteiger partial charge in [0.2, 0.25) is 0 Å². The Labute approximate surface area is 118 Å². The summed E-state index contributed by atoms with van der Waals surface area (Å²) in [5.74, 6) is 0.701. The fourth-order valence-electron chi connectivity index (χ4n) is 2.81. The van der Waals surface area contributed by atoms with Gasteiger partial charge >= 0.3 is 0 Å². The molecule has 0 fully saturated rings. The Morgan fingerprint density at radius 3 is 2.90 bits per heavy atom. The van der Waals surface area contributed by atoms with Crippen molar-refractivity contribution in [2.24, 2.45) is 0 Å². The van der Waals surface area contributed by atoms with Crippen LogP contribution in [-0.2, 0) is 6.42 Å². The Balaban J connectivity index is 1.89. The van der Waals surface area contributed by atoms with E-state index in [2.05, 4.69) is 17.4 Å². The van der Waals surface area contributed by atoms with Crippen molar-refractivity contribution in [3.8, 4) is 5.75 Å². The summed E-state index contributed by atoms with van der Waals surface area (Å²) in [5.41, 5.74) is 4.14. The van der Waals surface area contributed by atoms with E-state index in [1.807, 2.05) is 12.1 Å². The first-order chi connectivity index (χ1) is 9.69. The molecular formula is C17H18FNO. The van der Waals surface area contributed by atoms with E-state index in [1.54, 1.807) is 20.1 Å². The molecule has 1 aliphatic carbocycles. The summed E-state index contributed by atoms with van der Waals surface area (Å²) in [6.07, 6.45) is 2.07. The highest BCUT2D eigenvalue weighted by Crippen LogP contribution is 2.36. The summed E-state index contributed by atoms with van der Waals surface area (Å²) in [4.78, 5) is 0. The predicted octanol–water partition coefficient (Wildman–Crippen LogP) is 4.24. The van der Waals surface area contributed by atoms with Crippen LogP contribution in [0.5, 0.6) is 5.75 Å². The number of fused-ring (bicyclic) bond motifs is 1. The molecule has 1 aliphatic rings. The Bertz CT molecular complexity index is 639. The Morgan fingerprint density at radius 1 is 1.25 bits per heavy atom. The van der Waals surface area contributed by atoms with Crippen LogP contribution in [0.4, 0.5) is 10.1 Å². The minimum atomic E-state index is -0.168. The Morgan fingerprint density at radius 2 is 2.10 bits per heavy atom. The summed E-state index contributed by atoms with van der Waals surface area (Å²) in [5, 5.41) is 3.46. The molecule has 1 N–H and O–H groups in total. The highest BCUT2D eigenvalue weighted by atomic mass is 19.1. The van der Waals surface area contributed by atoms with Crippen LogP contribution in [0.15, 0.2) is 36.4 Å². The van der Waals surface area contributed by atoms with E-state index in [9.17, 15) is 4.39 Å². The van der Waals surface area contributed by atoms with E-state index in [4.69, 9.17) is 4.74 Å². The number of hydrogen-bond acceptors (Lipinski definition) is 2. The third-order valence-corrected chi connectivity index (χ3v) is 4.03. The summed E-state index contributed by atoms with van der Waals surface area (Å²) >= 11 is 0. The molecule has 0 radical (unpaired) electrons. The van der Waals surface area contributed by atoms with Crippen molar-refractivity contribution < 1.29 is 9.13 Å². The standard InChI is InChI=1S/C17H18FNO/c1-11-15(18)4-3-5-16(11)19-17-9-7-12-6-8-13(20-2)10-14(12)17/h3-6,8,10,17,19H,7,9H2,1-2H3. The molecule has 0 heterocycles. The van der Waals surface area contributed by atoms with Gasteiger partial charge in [0.1, 0.15) is 11.6 Å². The van der Waals surface area contributed by atoms with Gasteiger partial charge in [-0.3, -0.25) is 0 Å². The largest absolute Gasteiger partial charge is 0.497 e. The first-order valence-corrected chi connectivity index (χ1v) is 6.87. The number of methoxy groups -OCH3 is 1. The number of halogens is 1. The highest BCUT2D eigenvalue weighted by Gasteiger charge is 2.23. The lowest BCUT2D eigenvalue weighted by Crippen LogP contribution is -2.08. The first kappa shape index (κ1) is 13.0. The molecule has 1 unspecified atom stereocenters. The van der Waals surface area contributed by atoms with Crippen molar-refractivity contribution in [2.75, 3.05) is 12.4 Å². The first-order valence-electron chi connectivity index (χ1n) is 6.87. The van der Waals surface area contributed by atoms with Crippen LogP contribution < -0.4 is 10.1 Å². The fraction of sp³-hybridized carbons (Fsp3) is 0.294. The monoisotopic (exact) mass is 271 g/mol. The molecule has 0 saturated heterocycles. The zero-order valence-corrected chi connectivity index (χ0v) is 11.7. The van der Waals surface area contributed by atoms with Crippen molar-refractivity contribution >= 4 is 5.69 Å². The van der Waals surface area contributed by atoms with Crippen molar-refractivity contribution in [3.63, 3.8) is 0 Å². The maximum absolute atomic E-state index is 13.6. The predicted molar refractivity (Wildman–Crippen MR) is 78.8 cm³/mol. The molecule has 0 bridgehead atoms. The van der Waals surface area contributed by atoms with E-state index in [-0.39, 0.29) is 11.9 Å². The quantitative estimate of drug-likeness (QED) is 0.901. The van der Waals surface area contributed by atoms with E-state index in [0.29, 0.717) is 5.56 Å². The summed E-state index contributed by atoms with van der Waals surface area (Å²) in [6.45, 7) is 1.80. The number of aryl methyl sites for hydroxylation is 1. The van der Waals surface area contributed by atoms with Gasteiger partial charge in [-0.1, -0.05) is 12.1 Å². The second-order valence-corrected chi connectivity index (χ2v) is 5.21. The van der Waals surface area contributed by atoms with Gasteiger partial charge < -0.3 is 10.1 Å². The number of nitrogens with one attached hydrogen (secondary N) is 1. The maximum Gasteiger partial charge on any atom is 0.128 e. The minimum Gasteiger partial charge on any atom is -0.497 e. The van der Waals surface area contributed by atoms with Gasteiger partial charge in [0.15, 0.2) is 0 Å². The van der Waals surface area contributed by atoms with Gasteiger partial charge in [-0.25, -0.2) is 4.39 Å². The molecule has 0 spiro atoms. The molecular weight excluding hydrogens is 253 g/mol. The topological polar surface area (TPSA) is 21.3 Å².